The number of benzene rings is 1. The van der Waals surface area contributed by atoms with Crippen molar-refractivity contribution in [1.82, 2.24) is 10.6 Å². The first kappa shape index (κ1) is 18.1. The van der Waals surface area contributed by atoms with Gasteiger partial charge in [0, 0.05) is 18.2 Å². The minimum Gasteiger partial charge on any atom is -0.494 e. The second-order valence-corrected chi connectivity index (χ2v) is 6.36. The summed E-state index contributed by atoms with van der Waals surface area (Å²) in [6.45, 7) is 3.14. The van der Waals surface area contributed by atoms with E-state index in [-0.39, 0.29) is 24.4 Å². The van der Waals surface area contributed by atoms with E-state index in [1.54, 1.807) is 0 Å². The second-order valence-electron chi connectivity index (χ2n) is 6.36. The molecule has 1 saturated heterocycles. The maximum atomic E-state index is 12.4. The molecule has 0 spiro atoms. The van der Waals surface area contributed by atoms with Gasteiger partial charge in [0.2, 0.25) is 5.91 Å². The zero-order chi connectivity index (χ0) is 15.4. The first-order valence-corrected chi connectivity index (χ1v) is 8.52. The third-order valence-electron chi connectivity index (χ3n) is 4.90. The van der Waals surface area contributed by atoms with E-state index in [0.717, 1.165) is 17.7 Å². The Bertz CT molecular complexity index is 509. The van der Waals surface area contributed by atoms with Crippen LogP contribution in [0.4, 0.5) is 0 Å². The van der Waals surface area contributed by atoms with Crippen molar-refractivity contribution < 1.29 is 9.53 Å². The number of para-hydroxylation sites is 1. The number of rotatable bonds is 5. The minimum absolute atomic E-state index is 0. The number of halogens is 1. The molecule has 1 aliphatic heterocycles. The average Bonchev–Trinajstić information content (AvgIpc) is 2.98. The first-order valence-electron chi connectivity index (χ1n) is 8.52. The van der Waals surface area contributed by atoms with Crippen molar-refractivity contribution in [2.45, 2.75) is 57.7 Å². The lowest BCUT2D eigenvalue weighted by atomic mass is 9.85. The van der Waals surface area contributed by atoms with Gasteiger partial charge in [-0.2, -0.15) is 0 Å². The molecule has 128 valence electrons. The molecule has 23 heavy (non-hydrogen) atoms. The summed E-state index contributed by atoms with van der Waals surface area (Å²) >= 11 is 0. The highest BCUT2D eigenvalue weighted by molar-refractivity contribution is 5.85. The van der Waals surface area contributed by atoms with Gasteiger partial charge in [0.25, 0.3) is 0 Å². The molecule has 3 rings (SSSR count). The highest BCUT2D eigenvalue weighted by atomic mass is 35.5. The lowest BCUT2D eigenvalue weighted by molar-refractivity contribution is -0.123. The molecule has 0 bridgehead atoms. The molecule has 0 radical (unpaired) electrons. The molecular weight excluding hydrogens is 312 g/mol. The SMILES string of the molecule is CCOc1ccccc1CNC(=O)C1CC2CCCCC2N1.Cl. The van der Waals surface area contributed by atoms with Crippen molar-refractivity contribution in [2.75, 3.05) is 6.61 Å². The Hall–Kier alpha value is -1.26. The molecule has 1 heterocycles. The van der Waals surface area contributed by atoms with Crippen molar-refractivity contribution in [3.05, 3.63) is 29.8 Å². The normalized spacial score (nSPS) is 26.0. The van der Waals surface area contributed by atoms with E-state index in [2.05, 4.69) is 10.6 Å². The van der Waals surface area contributed by atoms with Crippen molar-refractivity contribution in [2.24, 2.45) is 5.92 Å². The molecule has 1 aliphatic carbocycles. The number of amides is 1. The van der Waals surface area contributed by atoms with Crippen LogP contribution in [0.3, 0.4) is 0 Å². The zero-order valence-electron chi connectivity index (χ0n) is 13.7. The largest absolute Gasteiger partial charge is 0.494 e. The van der Waals surface area contributed by atoms with Gasteiger partial charge in [-0.1, -0.05) is 31.0 Å². The standard InChI is InChI=1S/C18H26N2O2.ClH/c1-2-22-17-10-6-4-8-14(17)12-19-18(21)16-11-13-7-3-5-9-15(13)20-16;/h4,6,8,10,13,15-16,20H,2-3,5,7,9,11-12H2,1H3,(H,19,21);1H. The van der Waals surface area contributed by atoms with Gasteiger partial charge in [0.05, 0.1) is 12.6 Å². The molecular formula is C18H27ClN2O2. The van der Waals surface area contributed by atoms with E-state index in [4.69, 9.17) is 4.74 Å². The van der Waals surface area contributed by atoms with Gasteiger partial charge in [-0.15, -0.1) is 12.4 Å². The Balaban J connectivity index is 0.00000192. The fraction of sp³-hybridized carbons (Fsp3) is 0.611. The molecule has 1 saturated carbocycles. The number of hydrogen-bond acceptors (Lipinski definition) is 3. The number of carbonyl (C=O) groups excluding carboxylic acids is 1. The molecule has 3 atom stereocenters. The summed E-state index contributed by atoms with van der Waals surface area (Å²) in [6.07, 6.45) is 6.10. The summed E-state index contributed by atoms with van der Waals surface area (Å²) in [5.41, 5.74) is 1.04. The average molecular weight is 339 g/mol. The molecule has 0 aromatic heterocycles. The van der Waals surface area contributed by atoms with Gasteiger partial charge >= 0.3 is 0 Å². The summed E-state index contributed by atoms with van der Waals surface area (Å²) in [4.78, 5) is 12.4. The summed E-state index contributed by atoms with van der Waals surface area (Å²) in [7, 11) is 0. The maximum absolute atomic E-state index is 12.4. The van der Waals surface area contributed by atoms with Crippen LogP contribution in [-0.4, -0.2) is 24.6 Å². The van der Waals surface area contributed by atoms with Crippen LogP contribution in [0.1, 0.15) is 44.6 Å². The Labute approximate surface area is 144 Å². The summed E-state index contributed by atoms with van der Waals surface area (Å²) in [5, 5.41) is 6.59. The van der Waals surface area contributed by atoms with Crippen LogP contribution in [0.25, 0.3) is 0 Å². The quantitative estimate of drug-likeness (QED) is 0.867. The van der Waals surface area contributed by atoms with Crippen LogP contribution in [0.5, 0.6) is 5.75 Å². The van der Waals surface area contributed by atoms with E-state index in [9.17, 15) is 4.79 Å². The summed E-state index contributed by atoms with van der Waals surface area (Å²) < 4.78 is 5.61. The fourth-order valence-corrected chi connectivity index (χ4v) is 3.77. The van der Waals surface area contributed by atoms with Gasteiger partial charge in [0.15, 0.2) is 0 Å². The van der Waals surface area contributed by atoms with E-state index in [0.29, 0.717) is 25.1 Å². The van der Waals surface area contributed by atoms with Crippen LogP contribution in [0, 0.1) is 5.92 Å². The van der Waals surface area contributed by atoms with Gasteiger partial charge < -0.3 is 15.4 Å². The van der Waals surface area contributed by atoms with Gasteiger partial charge in [-0.05, 0) is 38.2 Å². The number of nitrogens with one attached hydrogen (secondary N) is 2. The van der Waals surface area contributed by atoms with Crippen molar-refractivity contribution in [1.29, 1.82) is 0 Å². The number of fused-ring (bicyclic) bond motifs is 1. The smallest absolute Gasteiger partial charge is 0.237 e. The van der Waals surface area contributed by atoms with Crippen molar-refractivity contribution >= 4 is 18.3 Å². The molecule has 2 N–H and O–H groups in total. The summed E-state index contributed by atoms with van der Waals surface area (Å²) in [5.74, 6) is 1.68. The van der Waals surface area contributed by atoms with E-state index in [1.807, 2.05) is 31.2 Å². The van der Waals surface area contributed by atoms with E-state index >= 15 is 0 Å². The van der Waals surface area contributed by atoms with Crippen molar-refractivity contribution in [3.8, 4) is 5.75 Å². The lowest BCUT2D eigenvalue weighted by Gasteiger charge is -2.24. The van der Waals surface area contributed by atoms with E-state index < -0.39 is 0 Å². The third kappa shape index (κ3) is 4.39. The van der Waals surface area contributed by atoms with Crippen molar-refractivity contribution in [3.63, 3.8) is 0 Å². The number of carbonyl (C=O) groups is 1. The third-order valence-corrected chi connectivity index (χ3v) is 4.90. The van der Waals surface area contributed by atoms with Crippen LogP contribution < -0.4 is 15.4 Å². The molecule has 3 unspecified atom stereocenters. The molecule has 2 aliphatic rings. The summed E-state index contributed by atoms with van der Waals surface area (Å²) in [6, 6.07) is 8.43. The number of ether oxygens (including phenoxy) is 1. The Morgan fingerprint density at radius 2 is 2.09 bits per heavy atom. The van der Waals surface area contributed by atoms with Gasteiger partial charge in [-0.3, -0.25) is 4.79 Å². The molecule has 2 fully saturated rings. The molecule has 5 heteroatoms. The zero-order valence-corrected chi connectivity index (χ0v) is 14.5. The Kier molecular flexibility index (Phi) is 6.72. The van der Waals surface area contributed by atoms with Gasteiger partial charge in [-0.25, -0.2) is 0 Å². The second kappa shape index (κ2) is 8.55. The highest BCUT2D eigenvalue weighted by Crippen LogP contribution is 2.33. The van der Waals surface area contributed by atoms with Crippen LogP contribution in [0.15, 0.2) is 24.3 Å². The van der Waals surface area contributed by atoms with E-state index in [1.165, 1.54) is 25.7 Å². The first-order chi connectivity index (χ1) is 10.8. The Morgan fingerprint density at radius 3 is 2.87 bits per heavy atom. The van der Waals surface area contributed by atoms with Crippen LogP contribution >= 0.6 is 12.4 Å². The number of hydrogen-bond donors (Lipinski definition) is 2. The minimum atomic E-state index is -0.0210. The molecule has 1 amide bonds. The maximum Gasteiger partial charge on any atom is 0.237 e. The Morgan fingerprint density at radius 1 is 1.30 bits per heavy atom. The lowest BCUT2D eigenvalue weighted by Crippen LogP contribution is -2.42. The monoisotopic (exact) mass is 338 g/mol. The molecule has 4 nitrogen and oxygen atoms in total. The van der Waals surface area contributed by atoms with Crippen LogP contribution in [-0.2, 0) is 11.3 Å². The fourth-order valence-electron chi connectivity index (χ4n) is 3.77. The molecule has 1 aromatic rings. The molecule has 1 aromatic carbocycles. The van der Waals surface area contributed by atoms with Crippen LogP contribution in [0.2, 0.25) is 0 Å². The predicted molar refractivity (Wildman–Crippen MR) is 94.0 cm³/mol. The highest BCUT2D eigenvalue weighted by Gasteiger charge is 2.37. The van der Waals surface area contributed by atoms with Gasteiger partial charge in [0.1, 0.15) is 5.75 Å². The topological polar surface area (TPSA) is 50.4 Å². The predicted octanol–water partition coefficient (Wildman–Crippen LogP) is 3.04.